The van der Waals surface area contributed by atoms with Crippen molar-refractivity contribution in [3.8, 4) is 17.0 Å². The number of pyridine rings is 1. The van der Waals surface area contributed by atoms with E-state index in [1.54, 1.807) is 19.6 Å². The van der Waals surface area contributed by atoms with Crippen LogP contribution >= 0.6 is 0 Å². The van der Waals surface area contributed by atoms with Crippen LogP contribution in [0.1, 0.15) is 95.1 Å². The molecule has 0 spiro atoms. The lowest BCUT2D eigenvalue weighted by atomic mass is 9.78. The molecule has 3 aromatic rings. The molecule has 0 atom stereocenters. The van der Waals surface area contributed by atoms with Crippen LogP contribution in [0.3, 0.4) is 0 Å². The second kappa shape index (κ2) is 14.3. The highest BCUT2D eigenvalue weighted by atomic mass is 16.6. The average Bonchev–Trinajstić information content (AvgIpc) is 3.58. The fourth-order valence-corrected chi connectivity index (χ4v) is 7.33. The number of rotatable bonds is 8. The van der Waals surface area contributed by atoms with Crippen LogP contribution in [0.25, 0.3) is 11.3 Å². The molecule has 0 radical (unpaired) electrons. The normalized spacial score (nSPS) is 23.3. The summed E-state index contributed by atoms with van der Waals surface area (Å²) in [6.07, 6.45) is 9.18. The molecule has 1 saturated heterocycles. The lowest BCUT2D eigenvalue weighted by Gasteiger charge is -2.38. The number of carbonyl (C=O) groups is 2. The number of amides is 2. The SMILES string of the molecule is COc1ccc([C@H]2CC[C@H](CN(c3cc(-c4coc(C(C)(C)C)n4)ccn3)C(=O)[C@H]3CC[C@H](OC(=O)N4CC(O)C4)CC3)CC2)cc1C. The minimum atomic E-state index is -0.462. The van der Waals surface area contributed by atoms with E-state index in [9.17, 15) is 14.7 Å². The van der Waals surface area contributed by atoms with Crippen LogP contribution < -0.4 is 9.64 Å². The number of aryl methyl sites for hydroxylation is 1. The number of β-amino-alcohol motifs (C(OH)–C–C–N with tert-alkyl or cyclic N) is 1. The molecule has 258 valence electrons. The lowest BCUT2D eigenvalue weighted by molar-refractivity contribution is -0.124. The standard InChI is InChI=1S/C38H50N4O6/c1-24-18-28(12-15-33(24)46-5)26-8-6-25(7-9-26)20-42(34-19-29(16-17-39-34)32-23-47-36(40-32)38(2,3)4)35(44)27-10-13-31(14-11-27)48-37(45)41-21-30(43)22-41/h12,15-19,23,25-27,30-31,43H,6-11,13-14,20-22H2,1-5H3/t25-,26-,27-,31-. The summed E-state index contributed by atoms with van der Waals surface area (Å²) in [5.41, 5.74) is 3.89. The number of ether oxygens (including phenoxy) is 2. The fourth-order valence-electron chi connectivity index (χ4n) is 7.33. The maximum absolute atomic E-state index is 14.4. The number of aliphatic hydroxyl groups is 1. The molecule has 3 fully saturated rings. The molecule has 2 aliphatic carbocycles. The molecule has 1 N–H and O–H groups in total. The van der Waals surface area contributed by atoms with Gasteiger partial charge in [0.15, 0.2) is 5.89 Å². The van der Waals surface area contributed by atoms with Gasteiger partial charge in [0, 0.05) is 29.6 Å². The number of carbonyl (C=O) groups excluding carboxylic acids is 2. The molecule has 2 amide bonds. The Morgan fingerprint density at radius 3 is 2.38 bits per heavy atom. The Morgan fingerprint density at radius 1 is 1.02 bits per heavy atom. The molecule has 2 aromatic heterocycles. The average molecular weight is 659 g/mol. The Morgan fingerprint density at radius 2 is 1.75 bits per heavy atom. The van der Waals surface area contributed by atoms with Crippen molar-refractivity contribution in [2.24, 2.45) is 11.8 Å². The van der Waals surface area contributed by atoms with Crippen molar-refractivity contribution in [1.82, 2.24) is 14.9 Å². The van der Waals surface area contributed by atoms with Crippen LogP contribution in [-0.2, 0) is 14.9 Å². The highest BCUT2D eigenvalue weighted by Gasteiger charge is 2.36. The molecule has 10 nitrogen and oxygen atoms in total. The van der Waals surface area contributed by atoms with Gasteiger partial charge in [0.2, 0.25) is 5.91 Å². The van der Waals surface area contributed by atoms with Gasteiger partial charge >= 0.3 is 6.09 Å². The van der Waals surface area contributed by atoms with Crippen LogP contribution in [-0.4, -0.2) is 70.9 Å². The zero-order chi connectivity index (χ0) is 34.0. The number of likely N-dealkylation sites (tertiary alicyclic amines) is 1. The summed E-state index contributed by atoms with van der Waals surface area (Å²) in [7, 11) is 1.71. The number of methoxy groups -OCH3 is 1. The van der Waals surface area contributed by atoms with Gasteiger partial charge < -0.3 is 23.9 Å². The van der Waals surface area contributed by atoms with E-state index in [4.69, 9.17) is 23.9 Å². The number of anilines is 1. The first-order chi connectivity index (χ1) is 23.0. The molecule has 6 rings (SSSR count). The third-order valence-electron chi connectivity index (χ3n) is 10.3. The molecule has 2 saturated carbocycles. The summed E-state index contributed by atoms with van der Waals surface area (Å²) in [5.74, 6) is 2.98. The summed E-state index contributed by atoms with van der Waals surface area (Å²) in [4.78, 5) is 39.7. The van der Waals surface area contributed by atoms with Gasteiger partial charge in [-0.2, -0.15) is 0 Å². The van der Waals surface area contributed by atoms with E-state index in [0.717, 1.165) is 48.3 Å². The van der Waals surface area contributed by atoms with Crippen molar-refractivity contribution in [1.29, 1.82) is 0 Å². The van der Waals surface area contributed by atoms with Crippen LogP contribution in [0.15, 0.2) is 47.2 Å². The summed E-state index contributed by atoms with van der Waals surface area (Å²) in [6, 6.07) is 10.4. The van der Waals surface area contributed by atoms with Gasteiger partial charge in [-0.1, -0.05) is 32.9 Å². The van der Waals surface area contributed by atoms with Gasteiger partial charge in [0.05, 0.1) is 26.3 Å². The molecule has 0 unspecified atom stereocenters. The van der Waals surface area contributed by atoms with Crippen molar-refractivity contribution in [2.75, 3.05) is 31.6 Å². The molecule has 1 aliphatic heterocycles. The molecule has 1 aromatic carbocycles. The van der Waals surface area contributed by atoms with E-state index in [0.29, 0.717) is 68.9 Å². The van der Waals surface area contributed by atoms with Crippen LogP contribution in [0.2, 0.25) is 0 Å². The molecule has 48 heavy (non-hydrogen) atoms. The highest BCUT2D eigenvalue weighted by Crippen LogP contribution is 2.39. The summed E-state index contributed by atoms with van der Waals surface area (Å²) in [6.45, 7) is 9.55. The Balaban J connectivity index is 1.16. The van der Waals surface area contributed by atoms with E-state index < -0.39 is 6.10 Å². The first-order valence-electron chi connectivity index (χ1n) is 17.5. The van der Waals surface area contributed by atoms with Crippen LogP contribution in [0.4, 0.5) is 10.6 Å². The van der Waals surface area contributed by atoms with Gasteiger partial charge in [-0.15, -0.1) is 0 Å². The zero-order valence-corrected chi connectivity index (χ0v) is 29.0. The van der Waals surface area contributed by atoms with Crippen molar-refractivity contribution in [3.05, 3.63) is 59.8 Å². The number of benzene rings is 1. The summed E-state index contributed by atoms with van der Waals surface area (Å²) >= 11 is 0. The number of aromatic nitrogens is 2. The van der Waals surface area contributed by atoms with Gasteiger partial charge in [-0.3, -0.25) is 9.69 Å². The van der Waals surface area contributed by atoms with Crippen LogP contribution in [0.5, 0.6) is 5.75 Å². The Kier molecular flexibility index (Phi) is 10.1. The highest BCUT2D eigenvalue weighted by molar-refractivity contribution is 5.94. The van der Waals surface area contributed by atoms with Gasteiger partial charge in [-0.25, -0.2) is 14.8 Å². The first-order valence-corrected chi connectivity index (χ1v) is 17.5. The van der Waals surface area contributed by atoms with E-state index in [-0.39, 0.29) is 29.4 Å². The first kappa shape index (κ1) is 34.0. The largest absolute Gasteiger partial charge is 0.496 e. The molecule has 10 heteroatoms. The monoisotopic (exact) mass is 658 g/mol. The zero-order valence-electron chi connectivity index (χ0n) is 29.0. The van der Waals surface area contributed by atoms with E-state index >= 15 is 0 Å². The molecule has 0 bridgehead atoms. The number of nitrogens with zero attached hydrogens (tertiary/aromatic N) is 4. The van der Waals surface area contributed by atoms with Gasteiger partial charge in [0.1, 0.15) is 29.6 Å². The summed E-state index contributed by atoms with van der Waals surface area (Å²) in [5, 5.41) is 9.53. The second-order valence-corrected chi connectivity index (χ2v) is 15.0. The number of hydrogen-bond donors (Lipinski definition) is 1. The topological polar surface area (TPSA) is 118 Å². The predicted molar refractivity (Wildman–Crippen MR) is 183 cm³/mol. The number of aliphatic hydroxyl groups excluding tert-OH is 1. The Hall–Kier alpha value is -3.92. The van der Waals surface area contributed by atoms with Gasteiger partial charge in [0.25, 0.3) is 0 Å². The number of hydrogen-bond acceptors (Lipinski definition) is 8. The summed E-state index contributed by atoms with van der Waals surface area (Å²) < 4.78 is 17.0. The second-order valence-electron chi connectivity index (χ2n) is 15.0. The molecular weight excluding hydrogens is 608 g/mol. The maximum Gasteiger partial charge on any atom is 0.410 e. The quantitative estimate of drug-likeness (QED) is 0.274. The van der Waals surface area contributed by atoms with Crippen molar-refractivity contribution >= 4 is 17.8 Å². The van der Waals surface area contributed by atoms with Gasteiger partial charge in [-0.05, 0) is 99.5 Å². The lowest BCUT2D eigenvalue weighted by Crippen LogP contribution is -2.54. The van der Waals surface area contributed by atoms with E-state index in [2.05, 4.69) is 45.9 Å². The number of oxazole rings is 1. The Bertz CT molecular complexity index is 1580. The smallest absolute Gasteiger partial charge is 0.410 e. The minimum absolute atomic E-state index is 0.0822. The Labute approximate surface area is 283 Å². The van der Waals surface area contributed by atoms with E-state index in [1.165, 1.54) is 10.5 Å². The predicted octanol–water partition coefficient (Wildman–Crippen LogP) is 7.03. The molecular formula is C38H50N4O6. The third-order valence-corrected chi connectivity index (χ3v) is 10.3. The van der Waals surface area contributed by atoms with Crippen LogP contribution in [0, 0.1) is 18.8 Å². The van der Waals surface area contributed by atoms with E-state index in [1.807, 2.05) is 17.0 Å². The maximum atomic E-state index is 14.4. The van der Waals surface area contributed by atoms with Crippen molar-refractivity contribution in [2.45, 2.75) is 103 Å². The molecule has 3 heterocycles. The third kappa shape index (κ3) is 7.69. The molecule has 3 aliphatic rings. The van der Waals surface area contributed by atoms with Crippen molar-refractivity contribution < 1.29 is 28.6 Å². The minimum Gasteiger partial charge on any atom is -0.496 e. The van der Waals surface area contributed by atoms with Crippen molar-refractivity contribution in [3.63, 3.8) is 0 Å². The fraction of sp³-hybridized carbons (Fsp3) is 0.579.